The summed E-state index contributed by atoms with van der Waals surface area (Å²) in [6, 6.07) is 0. The molecule has 3 aliphatic rings. The van der Waals surface area contributed by atoms with Crippen LogP contribution in [0, 0.1) is 11.3 Å². The fourth-order valence-electron chi connectivity index (χ4n) is 4.15. The lowest BCUT2D eigenvalue weighted by molar-refractivity contribution is -0.130. The number of hydrogen-bond acceptors (Lipinski definition) is 5. The molecule has 3 heterocycles. The Morgan fingerprint density at radius 2 is 1.92 bits per heavy atom. The van der Waals surface area contributed by atoms with Crippen LogP contribution in [0.15, 0.2) is 0 Å². The van der Waals surface area contributed by atoms with Crippen molar-refractivity contribution in [2.45, 2.75) is 19.3 Å². The fraction of sp³-hybridized carbons (Fsp3) is 0.944. The average molecular weight is 339 g/mol. The molecule has 1 amide bonds. The summed E-state index contributed by atoms with van der Waals surface area (Å²) in [5.41, 5.74) is 0.228. The lowest BCUT2D eigenvalue weighted by Crippen LogP contribution is -2.49. The number of nitrogens with zero attached hydrogens (tertiary/aromatic N) is 3. The molecular weight excluding hydrogens is 306 g/mol. The normalized spacial score (nSPS) is 28.8. The number of rotatable bonds is 4. The SMILES string of the molecule is CN(C)C(=O)CN1CCOCC2(CCN(CC3CCOC3)CC2)C1. The smallest absolute Gasteiger partial charge is 0.236 e. The van der Waals surface area contributed by atoms with Gasteiger partial charge in [0.25, 0.3) is 0 Å². The number of ether oxygens (including phenoxy) is 2. The van der Waals surface area contributed by atoms with Crippen molar-refractivity contribution in [1.29, 1.82) is 0 Å². The van der Waals surface area contributed by atoms with Crippen LogP contribution in [0.4, 0.5) is 0 Å². The molecule has 1 atom stereocenters. The minimum atomic E-state index is 0.186. The first-order valence-corrected chi connectivity index (χ1v) is 9.37. The second-order valence-electron chi connectivity index (χ2n) is 8.08. The van der Waals surface area contributed by atoms with Crippen LogP contribution in [0.1, 0.15) is 19.3 Å². The molecule has 0 bridgehead atoms. The van der Waals surface area contributed by atoms with Gasteiger partial charge in [-0.1, -0.05) is 0 Å². The molecule has 1 unspecified atom stereocenters. The summed E-state index contributed by atoms with van der Waals surface area (Å²) in [7, 11) is 3.66. The van der Waals surface area contributed by atoms with E-state index in [1.54, 1.807) is 4.90 Å². The van der Waals surface area contributed by atoms with Crippen LogP contribution >= 0.6 is 0 Å². The Balaban J connectivity index is 1.51. The Labute approximate surface area is 146 Å². The maximum Gasteiger partial charge on any atom is 0.236 e. The molecule has 0 N–H and O–H groups in total. The molecule has 6 nitrogen and oxygen atoms in total. The minimum Gasteiger partial charge on any atom is -0.381 e. The third kappa shape index (κ3) is 4.69. The monoisotopic (exact) mass is 339 g/mol. The second-order valence-corrected chi connectivity index (χ2v) is 8.08. The predicted octanol–water partition coefficient (Wildman–Crippen LogP) is 0.526. The van der Waals surface area contributed by atoms with Crippen LogP contribution < -0.4 is 0 Å². The van der Waals surface area contributed by atoms with Crippen LogP contribution in [0.5, 0.6) is 0 Å². The number of carbonyl (C=O) groups excluding carboxylic acids is 1. The van der Waals surface area contributed by atoms with Gasteiger partial charge in [0.2, 0.25) is 5.91 Å². The second kappa shape index (κ2) is 8.13. The van der Waals surface area contributed by atoms with Gasteiger partial charge in [-0.2, -0.15) is 0 Å². The molecule has 0 aromatic heterocycles. The summed E-state index contributed by atoms with van der Waals surface area (Å²) < 4.78 is 11.4. The third-order valence-corrected chi connectivity index (χ3v) is 5.83. The average Bonchev–Trinajstić information content (AvgIpc) is 2.99. The minimum absolute atomic E-state index is 0.186. The van der Waals surface area contributed by atoms with Gasteiger partial charge in [0.15, 0.2) is 0 Å². The topological polar surface area (TPSA) is 45.2 Å². The number of likely N-dealkylation sites (N-methyl/N-ethyl adjacent to an activating group) is 1. The van der Waals surface area contributed by atoms with E-state index in [2.05, 4.69) is 9.80 Å². The van der Waals surface area contributed by atoms with Gasteiger partial charge < -0.3 is 19.3 Å². The summed E-state index contributed by atoms with van der Waals surface area (Å²) in [4.78, 5) is 18.7. The van der Waals surface area contributed by atoms with Gasteiger partial charge in [0, 0.05) is 45.8 Å². The van der Waals surface area contributed by atoms with E-state index in [0.29, 0.717) is 6.54 Å². The summed E-state index contributed by atoms with van der Waals surface area (Å²) >= 11 is 0. The van der Waals surface area contributed by atoms with Crippen molar-refractivity contribution in [1.82, 2.24) is 14.7 Å². The van der Waals surface area contributed by atoms with Crippen molar-refractivity contribution in [3.05, 3.63) is 0 Å². The summed E-state index contributed by atoms with van der Waals surface area (Å²) in [6.07, 6.45) is 3.56. The van der Waals surface area contributed by atoms with Gasteiger partial charge in [-0.3, -0.25) is 9.69 Å². The first-order chi connectivity index (χ1) is 11.6. The first kappa shape index (κ1) is 18.1. The Kier molecular flexibility index (Phi) is 6.13. The van der Waals surface area contributed by atoms with Crippen molar-refractivity contribution in [3.63, 3.8) is 0 Å². The highest BCUT2D eigenvalue weighted by Crippen LogP contribution is 2.34. The number of amides is 1. The molecule has 3 rings (SSSR count). The van der Waals surface area contributed by atoms with Crippen molar-refractivity contribution in [2.75, 3.05) is 79.8 Å². The predicted molar refractivity (Wildman–Crippen MR) is 93.0 cm³/mol. The highest BCUT2D eigenvalue weighted by molar-refractivity contribution is 5.77. The molecule has 138 valence electrons. The van der Waals surface area contributed by atoms with Crippen molar-refractivity contribution < 1.29 is 14.3 Å². The number of carbonyl (C=O) groups is 1. The third-order valence-electron chi connectivity index (χ3n) is 5.83. The Morgan fingerprint density at radius 3 is 2.58 bits per heavy atom. The zero-order chi connectivity index (χ0) is 17.0. The van der Waals surface area contributed by atoms with Crippen LogP contribution in [-0.4, -0.2) is 100 Å². The summed E-state index contributed by atoms with van der Waals surface area (Å²) in [5.74, 6) is 0.907. The molecular formula is C18H33N3O3. The van der Waals surface area contributed by atoms with Gasteiger partial charge in [-0.15, -0.1) is 0 Å². The van der Waals surface area contributed by atoms with Crippen molar-refractivity contribution in [3.8, 4) is 0 Å². The van der Waals surface area contributed by atoms with Gasteiger partial charge >= 0.3 is 0 Å². The summed E-state index contributed by atoms with van der Waals surface area (Å²) in [6.45, 7) is 9.31. The lowest BCUT2D eigenvalue weighted by Gasteiger charge is -2.43. The van der Waals surface area contributed by atoms with E-state index in [9.17, 15) is 4.79 Å². The number of likely N-dealkylation sites (tertiary alicyclic amines) is 1. The van der Waals surface area contributed by atoms with Crippen LogP contribution in [0.25, 0.3) is 0 Å². The molecule has 0 aromatic carbocycles. The summed E-state index contributed by atoms with van der Waals surface area (Å²) in [5, 5.41) is 0. The molecule has 0 saturated carbocycles. The van der Waals surface area contributed by atoms with E-state index in [0.717, 1.165) is 58.5 Å². The van der Waals surface area contributed by atoms with E-state index in [1.807, 2.05) is 14.1 Å². The lowest BCUT2D eigenvalue weighted by atomic mass is 9.78. The molecule has 0 aromatic rings. The zero-order valence-electron chi connectivity index (χ0n) is 15.3. The largest absolute Gasteiger partial charge is 0.381 e. The van der Waals surface area contributed by atoms with Gasteiger partial charge in [0.05, 0.1) is 26.4 Å². The molecule has 0 radical (unpaired) electrons. The van der Waals surface area contributed by atoms with Crippen LogP contribution in [0.3, 0.4) is 0 Å². The molecule has 3 saturated heterocycles. The molecule has 0 aliphatic carbocycles. The zero-order valence-corrected chi connectivity index (χ0v) is 15.3. The van der Waals surface area contributed by atoms with Crippen molar-refractivity contribution >= 4 is 5.91 Å². The molecule has 6 heteroatoms. The first-order valence-electron chi connectivity index (χ1n) is 9.37. The highest BCUT2D eigenvalue weighted by Gasteiger charge is 2.38. The Hall–Kier alpha value is -0.690. The molecule has 3 aliphatic heterocycles. The van der Waals surface area contributed by atoms with Gasteiger partial charge in [-0.25, -0.2) is 0 Å². The van der Waals surface area contributed by atoms with E-state index >= 15 is 0 Å². The maximum absolute atomic E-state index is 12.1. The number of hydrogen-bond donors (Lipinski definition) is 0. The molecule has 24 heavy (non-hydrogen) atoms. The van der Waals surface area contributed by atoms with E-state index in [4.69, 9.17) is 9.47 Å². The number of piperidine rings is 1. The quantitative estimate of drug-likeness (QED) is 0.747. The fourth-order valence-corrected chi connectivity index (χ4v) is 4.15. The van der Waals surface area contributed by atoms with E-state index in [-0.39, 0.29) is 11.3 Å². The Morgan fingerprint density at radius 1 is 1.12 bits per heavy atom. The molecule has 3 fully saturated rings. The van der Waals surface area contributed by atoms with E-state index < -0.39 is 0 Å². The van der Waals surface area contributed by atoms with Gasteiger partial charge in [-0.05, 0) is 38.3 Å². The van der Waals surface area contributed by atoms with Crippen LogP contribution in [0.2, 0.25) is 0 Å². The molecule has 1 spiro atoms. The van der Waals surface area contributed by atoms with Gasteiger partial charge in [0.1, 0.15) is 0 Å². The maximum atomic E-state index is 12.1. The highest BCUT2D eigenvalue weighted by atomic mass is 16.5. The Bertz CT molecular complexity index is 416. The standard InChI is InChI=1S/C18H33N3O3/c1-19(2)17(22)12-21-8-10-24-15-18(14-21)4-6-20(7-5-18)11-16-3-9-23-13-16/h16H,3-15H2,1-2H3. The van der Waals surface area contributed by atoms with Crippen LogP contribution in [-0.2, 0) is 14.3 Å². The van der Waals surface area contributed by atoms with Crippen molar-refractivity contribution in [2.24, 2.45) is 11.3 Å². The van der Waals surface area contributed by atoms with E-state index in [1.165, 1.54) is 25.8 Å².